The highest BCUT2D eigenvalue weighted by Crippen LogP contribution is 2.25. The van der Waals surface area contributed by atoms with Gasteiger partial charge in [-0.15, -0.1) is 0 Å². The Balaban J connectivity index is 2.19. The molecule has 2 rings (SSSR count). The highest BCUT2D eigenvalue weighted by molar-refractivity contribution is 7.90. The maximum atomic E-state index is 11.9. The molecule has 0 aromatic heterocycles. The third-order valence-electron chi connectivity index (χ3n) is 3.50. The number of nitrogens with zero attached hydrogens (tertiary/aromatic N) is 1. The third-order valence-corrected chi connectivity index (χ3v) is 4.62. The molecule has 0 aliphatic carbocycles. The summed E-state index contributed by atoms with van der Waals surface area (Å²) in [6.45, 7) is 0.138. The number of benzene rings is 2. The minimum absolute atomic E-state index is 0.0310. The van der Waals surface area contributed by atoms with E-state index in [0.29, 0.717) is 11.8 Å². The summed E-state index contributed by atoms with van der Waals surface area (Å²) >= 11 is 0. The fraction of sp³-hybridized carbons (Fsp3) is 0.222. The van der Waals surface area contributed by atoms with E-state index in [1.165, 1.54) is 23.1 Å². The van der Waals surface area contributed by atoms with E-state index in [1.807, 2.05) is 0 Å². The Kier molecular flexibility index (Phi) is 5.58. The first-order valence-electron chi connectivity index (χ1n) is 7.45. The lowest BCUT2D eigenvalue weighted by Crippen LogP contribution is -2.21. The van der Waals surface area contributed by atoms with Crippen LogP contribution in [-0.4, -0.2) is 45.9 Å². The Hall–Kier alpha value is -2.67. The smallest absolute Gasteiger partial charge is 0.253 e. The Morgan fingerprint density at radius 1 is 1.12 bits per heavy atom. The molecule has 0 spiro atoms. The number of hydrogen-bond donors (Lipinski definition) is 0. The summed E-state index contributed by atoms with van der Waals surface area (Å²) in [5.74, 6) is 0.0813. The van der Waals surface area contributed by atoms with Crippen LogP contribution in [0.25, 0.3) is 0 Å². The number of rotatable bonds is 6. The highest BCUT2D eigenvalue weighted by Gasteiger charge is 2.16. The van der Waals surface area contributed by atoms with Crippen LogP contribution in [0.5, 0.6) is 5.75 Å². The molecule has 0 saturated heterocycles. The van der Waals surface area contributed by atoms with Gasteiger partial charge >= 0.3 is 0 Å². The second-order valence-electron chi connectivity index (χ2n) is 5.78. The van der Waals surface area contributed by atoms with Gasteiger partial charge in [-0.2, -0.15) is 0 Å². The predicted octanol–water partition coefficient (Wildman–Crippen LogP) is 2.18. The summed E-state index contributed by atoms with van der Waals surface area (Å²) in [6.07, 6.45) is 1.64. The number of carbonyl (C=O) groups excluding carboxylic acids is 2. The number of sulfone groups is 1. The van der Waals surface area contributed by atoms with Crippen molar-refractivity contribution in [3.05, 3.63) is 59.2 Å². The van der Waals surface area contributed by atoms with Gasteiger partial charge in [0.25, 0.3) is 5.91 Å². The van der Waals surface area contributed by atoms with Crippen molar-refractivity contribution in [3.8, 4) is 5.75 Å². The molecule has 7 heteroatoms. The summed E-state index contributed by atoms with van der Waals surface area (Å²) < 4.78 is 29.4. The molecule has 0 N–H and O–H groups in total. The van der Waals surface area contributed by atoms with Crippen LogP contribution in [-0.2, 0) is 16.4 Å². The molecule has 0 aliphatic heterocycles. The van der Waals surface area contributed by atoms with Crippen molar-refractivity contribution in [1.29, 1.82) is 0 Å². The van der Waals surface area contributed by atoms with Gasteiger partial charge in [0, 0.05) is 31.5 Å². The van der Waals surface area contributed by atoms with Crippen LogP contribution in [0.2, 0.25) is 0 Å². The van der Waals surface area contributed by atoms with Gasteiger partial charge in [0.15, 0.2) is 9.84 Å². The maximum absolute atomic E-state index is 11.9. The van der Waals surface area contributed by atoms with Crippen molar-refractivity contribution in [2.45, 2.75) is 11.5 Å². The molecule has 132 valence electrons. The topological polar surface area (TPSA) is 80.8 Å². The summed E-state index contributed by atoms with van der Waals surface area (Å²) in [6, 6.07) is 11.1. The summed E-state index contributed by atoms with van der Waals surface area (Å²) in [7, 11) is -0.181. The van der Waals surface area contributed by atoms with Crippen molar-refractivity contribution >= 4 is 22.0 Å². The zero-order valence-electron chi connectivity index (χ0n) is 14.2. The minimum Gasteiger partial charge on any atom is -0.488 e. The van der Waals surface area contributed by atoms with Crippen molar-refractivity contribution in [2.75, 3.05) is 20.4 Å². The molecule has 2 aromatic carbocycles. The summed E-state index contributed by atoms with van der Waals surface area (Å²) in [4.78, 5) is 24.1. The van der Waals surface area contributed by atoms with Gasteiger partial charge in [0.05, 0.1) is 0 Å². The van der Waals surface area contributed by atoms with Gasteiger partial charge in [-0.05, 0) is 35.9 Å². The molecule has 2 aromatic rings. The van der Waals surface area contributed by atoms with Gasteiger partial charge < -0.3 is 9.64 Å². The Labute approximate surface area is 146 Å². The van der Waals surface area contributed by atoms with Gasteiger partial charge in [-0.3, -0.25) is 9.59 Å². The van der Waals surface area contributed by atoms with Crippen molar-refractivity contribution in [1.82, 2.24) is 4.90 Å². The third kappa shape index (κ3) is 4.67. The van der Waals surface area contributed by atoms with E-state index < -0.39 is 9.84 Å². The summed E-state index contributed by atoms with van der Waals surface area (Å²) in [5, 5.41) is 0. The van der Waals surface area contributed by atoms with Crippen LogP contribution in [0.3, 0.4) is 0 Å². The lowest BCUT2D eigenvalue weighted by molar-refractivity contribution is 0.0827. The molecular formula is C18H19NO5S. The normalized spacial score (nSPS) is 11.0. The maximum Gasteiger partial charge on any atom is 0.253 e. The van der Waals surface area contributed by atoms with Crippen molar-refractivity contribution < 1.29 is 22.7 Å². The Morgan fingerprint density at radius 2 is 1.76 bits per heavy atom. The lowest BCUT2D eigenvalue weighted by Gasteiger charge is -2.12. The molecule has 0 aliphatic rings. The molecule has 0 radical (unpaired) electrons. The largest absolute Gasteiger partial charge is 0.488 e. The van der Waals surface area contributed by atoms with E-state index in [1.54, 1.807) is 38.4 Å². The van der Waals surface area contributed by atoms with Crippen LogP contribution in [0.15, 0.2) is 47.4 Å². The molecule has 0 saturated carbocycles. The zero-order chi connectivity index (χ0) is 18.6. The average molecular weight is 361 g/mol. The zero-order valence-corrected chi connectivity index (χ0v) is 15.0. The molecule has 25 heavy (non-hydrogen) atoms. The van der Waals surface area contributed by atoms with E-state index in [-0.39, 0.29) is 28.7 Å². The Morgan fingerprint density at radius 3 is 2.28 bits per heavy atom. The second-order valence-corrected chi connectivity index (χ2v) is 7.77. The first kappa shape index (κ1) is 18.7. The Bertz CT molecular complexity index is 886. The van der Waals surface area contributed by atoms with Crippen LogP contribution in [0.1, 0.15) is 26.3 Å². The molecule has 1 amide bonds. The number of amides is 1. The van der Waals surface area contributed by atoms with Gasteiger partial charge in [0.1, 0.15) is 23.5 Å². The van der Waals surface area contributed by atoms with E-state index in [9.17, 15) is 18.0 Å². The second kappa shape index (κ2) is 7.48. The minimum atomic E-state index is -3.53. The van der Waals surface area contributed by atoms with Crippen LogP contribution in [0.4, 0.5) is 0 Å². The summed E-state index contributed by atoms with van der Waals surface area (Å²) in [5.41, 5.74) is 1.61. The quantitative estimate of drug-likeness (QED) is 0.737. The number of aldehydes is 1. The standard InChI is InChI=1S/C18H19NO5S/c1-19(2)18(21)15-7-4-13(5-8-15)12-24-16-9-6-14(11-20)10-17(16)25(3,22)23/h4-11H,12H2,1-3H3. The number of hydrogen-bond acceptors (Lipinski definition) is 5. The molecule has 0 unspecified atom stereocenters. The van der Waals surface area contributed by atoms with Gasteiger partial charge in [0.2, 0.25) is 0 Å². The van der Waals surface area contributed by atoms with Crippen molar-refractivity contribution in [2.24, 2.45) is 0 Å². The van der Waals surface area contributed by atoms with Gasteiger partial charge in [-0.1, -0.05) is 12.1 Å². The fourth-order valence-electron chi connectivity index (χ4n) is 2.17. The average Bonchev–Trinajstić information content (AvgIpc) is 2.58. The van der Waals surface area contributed by atoms with Crippen LogP contribution >= 0.6 is 0 Å². The lowest BCUT2D eigenvalue weighted by atomic mass is 10.1. The van der Waals surface area contributed by atoms with E-state index in [2.05, 4.69) is 0 Å². The van der Waals surface area contributed by atoms with E-state index in [0.717, 1.165) is 11.8 Å². The van der Waals surface area contributed by atoms with Crippen molar-refractivity contribution in [3.63, 3.8) is 0 Å². The molecule has 0 heterocycles. The molecule has 0 fully saturated rings. The van der Waals surface area contributed by atoms with Crippen LogP contribution in [0, 0.1) is 0 Å². The molecular weight excluding hydrogens is 342 g/mol. The van der Waals surface area contributed by atoms with Gasteiger partial charge in [-0.25, -0.2) is 8.42 Å². The SMILES string of the molecule is CN(C)C(=O)c1ccc(COc2ccc(C=O)cc2S(C)(=O)=O)cc1. The first-order chi connectivity index (χ1) is 11.7. The van der Waals surface area contributed by atoms with E-state index in [4.69, 9.17) is 4.74 Å². The first-order valence-corrected chi connectivity index (χ1v) is 9.34. The molecule has 6 nitrogen and oxygen atoms in total. The predicted molar refractivity (Wildman–Crippen MR) is 93.7 cm³/mol. The molecule has 0 bridgehead atoms. The number of carbonyl (C=O) groups is 2. The highest BCUT2D eigenvalue weighted by atomic mass is 32.2. The monoisotopic (exact) mass is 361 g/mol. The van der Waals surface area contributed by atoms with Crippen LogP contribution < -0.4 is 4.74 Å². The fourth-order valence-corrected chi connectivity index (χ4v) is 3.01. The number of ether oxygens (including phenoxy) is 1. The van der Waals surface area contributed by atoms with E-state index >= 15 is 0 Å². The molecule has 0 atom stereocenters.